The van der Waals surface area contributed by atoms with Crippen LogP contribution >= 0.6 is 0 Å². The fourth-order valence-corrected chi connectivity index (χ4v) is 4.52. The minimum absolute atomic E-state index is 0.0642. The number of amides is 1. The highest BCUT2D eigenvalue weighted by molar-refractivity contribution is 6.00. The van der Waals surface area contributed by atoms with Crippen molar-refractivity contribution in [1.29, 1.82) is 0 Å². The zero-order chi connectivity index (χ0) is 20.3. The van der Waals surface area contributed by atoms with Crippen LogP contribution in [0.15, 0.2) is 42.8 Å². The van der Waals surface area contributed by atoms with Crippen LogP contribution in [0.5, 0.6) is 0 Å². The molecule has 2 aliphatic heterocycles. The van der Waals surface area contributed by atoms with Crippen LogP contribution in [-0.2, 0) is 13.0 Å². The zero-order valence-corrected chi connectivity index (χ0v) is 17.9. The fraction of sp³-hybridized carbons (Fsp3) is 0.560. The summed E-state index contributed by atoms with van der Waals surface area (Å²) in [5.74, 6) is 1.72. The van der Waals surface area contributed by atoms with Crippen LogP contribution in [-0.4, -0.2) is 16.8 Å². The number of benzene rings is 1. The van der Waals surface area contributed by atoms with E-state index in [1.54, 1.807) is 0 Å². The first-order valence-electron chi connectivity index (χ1n) is 10.9. The average molecular weight is 381 g/mol. The number of allylic oxidation sites excluding steroid dienone is 1. The monoisotopic (exact) mass is 380 g/mol. The molecule has 0 aliphatic carbocycles. The van der Waals surface area contributed by atoms with Crippen LogP contribution in [0.25, 0.3) is 0 Å². The molecule has 2 heterocycles. The van der Waals surface area contributed by atoms with E-state index in [0.717, 1.165) is 54.5 Å². The minimum atomic E-state index is 0.0642. The molecule has 3 rings (SSSR count). The van der Waals surface area contributed by atoms with Crippen LogP contribution in [0.4, 0.5) is 0 Å². The predicted molar refractivity (Wildman–Crippen MR) is 117 cm³/mol. The van der Waals surface area contributed by atoms with Gasteiger partial charge in [0.2, 0.25) is 0 Å². The molecule has 2 unspecified atom stereocenters. The number of hydrogen-bond acceptors (Lipinski definition) is 2. The van der Waals surface area contributed by atoms with Gasteiger partial charge in [-0.2, -0.15) is 0 Å². The minimum Gasteiger partial charge on any atom is -0.362 e. The Morgan fingerprint density at radius 1 is 1.18 bits per heavy atom. The third-order valence-electron chi connectivity index (χ3n) is 6.27. The molecule has 0 spiro atoms. The van der Waals surface area contributed by atoms with E-state index in [2.05, 4.69) is 57.4 Å². The number of aryl methyl sites for hydroxylation is 1. The van der Waals surface area contributed by atoms with Gasteiger partial charge in [-0.3, -0.25) is 4.79 Å². The summed E-state index contributed by atoms with van der Waals surface area (Å²) in [7, 11) is 0. The topological polar surface area (TPSA) is 32.3 Å². The molecule has 1 amide bonds. The van der Waals surface area contributed by atoms with E-state index in [1.165, 1.54) is 30.4 Å². The van der Waals surface area contributed by atoms with Crippen molar-refractivity contribution in [2.24, 2.45) is 11.8 Å². The highest BCUT2D eigenvalue weighted by atomic mass is 16.2. The molecule has 1 N–H and O–H groups in total. The maximum Gasteiger partial charge on any atom is 0.255 e. The first kappa shape index (κ1) is 20.7. The molecule has 1 fully saturated rings. The molecule has 28 heavy (non-hydrogen) atoms. The number of piperidine rings is 1. The van der Waals surface area contributed by atoms with Gasteiger partial charge in [-0.15, -0.1) is 0 Å². The van der Waals surface area contributed by atoms with Gasteiger partial charge in [-0.05, 0) is 48.6 Å². The first-order valence-corrected chi connectivity index (χ1v) is 10.9. The first-order chi connectivity index (χ1) is 13.4. The van der Waals surface area contributed by atoms with Gasteiger partial charge in [0.1, 0.15) is 0 Å². The second-order valence-corrected chi connectivity index (χ2v) is 9.16. The Bertz CT molecular complexity index is 749. The molecule has 0 radical (unpaired) electrons. The molecule has 1 aromatic rings. The summed E-state index contributed by atoms with van der Waals surface area (Å²) < 4.78 is 0. The normalized spacial score (nSPS) is 20.5. The third kappa shape index (κ3) is 4.68. The Kier molecular flexibility index (Phi) is 6.64. The number of nitrogens with zero attached hydrogens (tertiary/aromatic N) is 1. The fourth-order valence-electron chi connectivity index (χ4n) is 4.52. The maximum atomic E-state index is 13.3. The van der Waals surface area contributed by atoms with E-state index in [-0.39, 0.29) is 11.9 Å². The molecule has 0 aromatic heterocycles. The van der Waals surface area contributed by atoms with Gasteiger partial charge >= 0.3 is 0 Å². The van der Waals surface area contributed by atoms with E-state index >= 15 is 0 Å². The second-order valence-electron chi connectivity index (χ2n) is 9.16. The molecule has 3 nitrogen and oxygen atoms in total. The highest BCUT2D eigenvalue weighted by Gasteiger charge is 2.36. The lowest BCUT2D eigenvalue weighted by Crippen LogP contribution is -2.43. The van der Waals surface area contributed by atoms with E-state index in [0.29, 0.717) is 6.54 Å². The summed E-state index contributed by atoms with van der Waals surface area (Å²) in [6.07, 6.45) is 7.80. The lowest BCUT2D eigenvalue weighted by atomic mass is 9.92. The van der Waals surface area contributed by atoms with E-state index < -0.39 is 0 Å². The molecule has 1 saturated heterocycles. The molecule has 0 bridgehead atoms. The van der Waals surface area contributed by atoms with Gasteiger partial charge < -0.3 is 10.2 Å². The van der Waals surface area contributed by atoms with Crippen molar-refractivity contribution >= 4 is 5.91 Å². The van der Waals surface area contributed by atoms with Crippen molar-refractivity contribution < 1.29 is 4.79 Å². The van der Waals surface area contributed by atoms with Gasteiger partial charge in [0.05, 0.1) is 6.04 Å². The third-order valence-corrected chi connectivity index (χ3v) is 6.27. The summed E-state index contributed by atoms with van der Waals surface area (Å²) in [6.45, 7) is 15.8. The molecule has 2 atom stereocenters. The highest BCUT2D eigenvalue weighted by Crippen LogP contribution is 2.33. The summed E-state index contributed by atoms with van der Waals surface area (Å²) >= 11 is 0. The van der Waals surface area contributed by atoms with Crippen molar-refractivity contribution in [1.82, 2.24) is 10.2 Å². The second kappa shape index (κ2) is 8.98. The van der Waals surface area contributed by atoms with Crippen molar-refractivity contribution in [3.8, 4) is 0 Å². The zero-order valence-electron chi connectivity index (χ0n) is 17.9. The molecular formula is C25H36N2O. The van der Waals surface area contributed by atoms with Crippen LogP contribution in [0, 0.1) is 11.8 Å². The van der Waals surface area contributed by atoms with Crippen molar-refractivity contribution in [2.75, 3.05) is 0 Å². The number of rotatable bonds is 8. The summed E-state index contributed by atoms with van der Waals surface area (Å²) in [5.41, 5.74) is 5.25. The number of carbonyl (C=O) groups is 1. The SMILES string of the molecule is C=C1CCC(N2Cc3cccc(CCCC(C)CCC(C)C)c3C2=O)C(=C)N1. The number of carbonyl (C=O) groups excluding carboxylic acids is 1. The van der Waals surface area contributed by atoms with Gasteiger partial charge in [0, 0.05) is 23.5 Å². The van der Waals surface area contributed by atoms with Crippen molar-refractivity contribution in [2.45, 2.75) is 78.3 Å². The lowest BCUT2D eigenvalue weighted by Gasteiger charge is -2.34. The Hall–Kier alpha value is -2.03. The van der Waals surface area contributed by atoms with E-state index in [1.807, 2.05) is 4.90 Å². The standard InChI is InChI=1S/C25H36N2O/c1-17(2)12-13-18(3)8-6-9-21-10-7-11-22-16-27(25(28)24(21)22)23-15-14-19(4)26-20(23)5/h7,10-11,17-18,23,26H,4-6,8-9,12-16H2,1-3H3. The van der Waals surface area contributed by atoms with Gasteiger partial charge in [0.25, 0.3) is 5.91 Å². The van der Waals surface area contributed by atoms with Gasteiger partial charge in [-0.1, -0.05) is 71.4 Å². The van der Waals surface area contributed by atoms with Crippen LogP contribution in [0.3, 0.4) is 0 Å². The smallest absolute Gasteiger partial charge is 0.255 e. The molecular weight excluding hydrogens is 344 g/mol. The molecule has 1 aromatic carbocycles. The number of nitrogens with one attached hydrogen (secondary N) is 1. The lowest BCUT2D eigenvalue weighted by molar-refractivity contribution is 0.0711. The van der Waals surface area contributed by atoms with E-state index in [4.69, 9.17) is 0 Å². The summed E-state index contributed by atoms with van der Waals surface area (Å²) in [6, 6.07) is 6.44. The summed E-state index contributed by atoms with van der Waals surface area (Å²) in [5, 5.41) is 3.25. The van der Waals surface area contributed by atoms with Gasteiger partial charge in [0.15, 0.2) is 0 Å². The van der Waals surface area contributed by atoms with Crippen LogP contribution in [0.1, 0.15) is 80.8 Å². The number of hydrogen-bond donors (Lipinski definition) is 1. The van der Waals surface area contributed by atoms with Crippen molar-refractivity contribution in [3.05, 3.63) is 59.4 Å². The summed E-state index contributed by atoms with van der Waals surface area (Å²) in [4.78, 5) is 15.3. The quantitative estimate of drug-likeness (QED) is 0.616. The number of fused-ring (bicyclic) bond motifs is 1. The molecule has 152 valence electrons. The Labute approximate surface area is 170 Å². The Morgan fingerprint density at radius 2 is 1.96 bits per heavy atom. The van der Waals surface area contributed by atoms with Crippen LogP contribution < -0.4 is 5.32 Å². The molecule has 2 aliphatic rings. The molecule has 0 saturated carbocycles. The largest absolute Gasteiger partial charge is 0.362 e. The maximum absolute atomic E-state index is 13.3. The van der Waals surface area contributed by atoms with Gasteiger partial charge in [-0.25, -0.2) is 0 Å². The van der Waals surface area contributed by atoms with E-state index in [9.17, 15) is 4.79 Å². The molecule has 3 heteroatoms. The van der Waals surface area contributed by atoms with Crippen LogP contribution in [0.2, 0.25) is 0 Å². The van der Waals surface area contributed by atoms with Crippen molar-refractivity contribution in [3.63, 3.8) is 0 Å². The predicted octanol–water partition coefficient (Wildman–Crippen LogP) is 5.82. The Morgan fingerprint density at radius 3 is 2.68 bits per heavy atom. The average Bonchev–Trinajstić information content (AvgIpc) is 2.97. The Balaban J connectivity index is 1.63.